The van der Waals surface area contributed by atoms with Crippen molar-refractivity contribution in [3.63, 3.8) is 0 Å². The summed E-state index contributed by atoms with van der Waals surface area (Å²) >= 11 is 9.16. The van der Waals surface area contributed by atoms with E-state index < -0.39 is 0 Å². The topological polar surface area (TPSA) is 36.9 Å². The fourth-order valence-electron chi connectivity index (χ4n) is 0.924. The second-order valence-corrected chi connectivity index (χ2v) is 4.61. The molecule has 0 aliphatic heterocycles. The molecule has 0 saturated heterocycles. The van der Waals surface area contributed by atoms with Crippen molar-refractivity contribution in [2.45, 2.75) is 12.5 Å². The molecule has 0 N–H and O–H groups in total. The van der Waals surface area contributed by atoms with E-state index in [1.165, 1.54) is 0 Å². The van der Waals surface area contributed by atoms with E-state index in [4.69, 9.17) is 30.5 Å². The first kappa shape index (κ1) is 17.6. The van der Waals surface area contributed by atoms with Gasteiger partial charge < -0.3 is 18.9 Å². The van der Waals surface area contributed by atoms with Crippen molar-refractivity contribution in [2.24, 2.45) is 0 Å². The van der Waals surface area contributed by atoms with Crippen LogP contribution in [0.3, 0.4) is 0 Å². The van der Waals surface area contributed by atoms with Crippen LogP contribution in [0.2, 0.25) is 0 Å². The van der Waals surface area contributed by atoms with Crippen molar-refractivity contribution in [2.75, 3.05) is 58.0 Å². The fourth-order valence-corrected chi connectivity index (χ4v) is 1.68. The van der Waals surface area contributed by atoms with Crippen molar-refractivity contribution < 1.29 is 18.9 Å². The average Bonchev–Trinajstić information content (AvgIpc) is 2.36. The summed E-state index contributed by atoms with van der Waals surface area (Å²) in [6.07, 6.45) is 0. The van der Waals surface area contributed by atoms with E-state index >= 15 is 0 Å². The van der Waals surface area contributed by atoms with Crippen LogP contribution in [-0.2, 0) is 18.9 Å². The maximum Gasteiger partial charge on any atom is 0.0886 e. The predicted molar refractivity (Wildman–Crippen MR) is 72.4 cm³/mol. The summed E-state index contributed by atoms with van der Waals surface area (Å²) in [4.78, 5) is 0. The van der Waals surface area contributed by atoms with E-state index in [2.05, 4.69) is 15.9 Å². The lowest BCUT2D eigenvalue weighted by Crippen LogP contribution is -2.34. The minimum absolute atomic E-state index is 0.320. The lowest BCUT2D eigenvalue weighted by molar-refractivity contribution is -0.0399. The molecule has 0 spiro atoms. The number of hydrogen-bond donors (Lipinski definition) is 0. The van der Waals surface area contributed by atoms with Gasteiger partial charge in [-0.05, 0) is 6.92 Å². The highest BCUT2D eigenvalue weighted by Crippen LogP contribution is 2.15. The lowest BCUT2D eigenvalue weighted by Gasteiger charge is -2.24. The Morgan fingerprint density at radius 1 is 1.00 bits per heavy atom. The van der Waals surface area contributed by atoms with E-state index in [0.29, 0.717) is 50.9 Å². The van der Waals surface area contributed by atoms with E-state index in [-0.39, 0.29) is 5.60 Å². The van der Waals surface area contributed by atoms with Gasteiger partial charge in [0.15, 0.2) is 0 Å². The third-order valence-corrected chi connectivity index (χ3v) is 3.80. The van der Waals surface area contributed by atoms with Crippen molar-refractivity contribution in [3.8, 4) is 0 Å². The number of methoxy groups -OCH3 is 1. The van der Waals surface area contributed by atoms with Crippen LogP contribution in [0.25, 0.3) is 0 Å². The third-order valence-electron chi connectivity index (χ3n) is 2.05. The first-order valence-electron chi connectivity index (χ1n) is 5.59. The normalized spacial score (nSPS) is 14.8. The van der Waals surface area contributed by atoms with Crippen LogP contribution in [-0.4, -0.2) is 63.6 Å². The van der Waals surface area contributed by atoms with Gasteiger partial charge in [-0.2, -0.15) is 0 Å². The quantitative estimate of drug-likeness (QED) is 0.405. The third kappa shape index (κ3) is 10.2. The molecule has 0 aliphatic rings. The molecule has 0 heterocycles. The molecule has 0 aliphatic carbocycles. The zero-order valence-electron chi connectivity index (χ0n) is 10.5. The summed E-state index contributed by atoms with van der Waals surface area (Å²) in [5, 5.41) is 0.712. The maximum atomic E-state index is 5.79. The fraction of sp³-hybridized carbons (Fsp3) is 1.00. The van der Waals surface area contributed by atoms with E-state index in [1.807, 2.05) is 6.92 Å². The molecule has 0 aromatic heterocycles. The molecular weight excluding hydrogens is 311 g/mol. The summed E-state index contributed by atoms with van der Waals surface area (Å²) in [6.45, 7) is 5.41. The Morgan fingerprint density at radius 2 is 1.53 bits per heavy atom. The Kier molecular flexibility index (Phi) is 12.1. The van der Waals surface area contributed by atoms with Crippen LogP contribution in [0.4, 0.5) is 0 Å². The van der Waals surface area contributed by atoms with Gasteiger partial charge >= 0.3 is 0 Å². The SMILES string of the molecule is COCCOCCOCCOC(C)(CCl)CBr. The van der Waals surface area contributed by atoms with Crippen LogP contribution in [0, 0.1) is 0 Å². The Labute approximate surface area is 117 Å². The molecule has 0 bridgehead atoms. The molecule has 0 fully saturated rings. The van der Waals surface area contributed by atoms with Gasteiger partial charge in [0.25, 0.3) is 0 Å². The van der Waals surface area contributed by atoms with E-state index in [1.54, 1.807) is 7.11 Å². The van der Waals surface area contributed by atoms with Crippen molar-refractivity contribution in [3.05, 3.63) is 0 Å². The molecule has 6 heteroatoms. The molecule has 17 heavy (non-hydrogen) atoms. The number of ether oxygens (including phenoxy) is 4. The minimum atomic E-state index is -0.320. The van der Waals surface area contributed by atoms with Gasteiger partial charge in [0.05, 0.1) is 51.1 Å². The second-order valence-electron chi connectivity index (χ2n) is 3.78. The number of hydrogen-bond acceptors (Lipinski definition) is 4. The summed E-state index contributed by atoms with van der Waals surface area (Å²) in [6, 6.07) is 0. The van der Waals surface area contributed by atoms with Crippen LogP contribution >= 0.6 is 27.5 Å². The molecule has 0 amide bonds. The molecule has 4 nitrogen and oxygen atoms in total. The Hall–Kier alpha value is 0.610. The highest BCUT2D eigenvalue weighted by atomic mass is 79.9. The first-order valence-corrected chi connectivity index (χ1v) is 7.24. The van der Waals surface area contributed by atoms with Crippen molar-refractivity contribution >= 4 is 27.5 Å². The van der Waals surface area contributed by atoms with Crippen LogP contribution < -0.4 is 0 Å². The highest BCUT2D eigenvalue weighted by Gasteiger charge is 2.21. The maximum absolute atomic E-state index is 5.79. The van der Waals surface area contributed by atoms with Gasteiger partial charge in [-0.25, -0.2) is 0 Å². The Morgan fingerprint density at radius 3 is 2.00 bits per heavy atom. The molecular formula is C11H22BrClO4. The van der Waals surface area contributed by atoms with E-state index in [9.17, 15) is 0 Å². The van der Waals surface area contributed by atoms with Crippen molar-refractivity contribution in [1.82, 2.24) is 0 Å². The molecule has 0 rings (SSSR count). The minimum Gasteiger partial charge on any atom is -0.382 e. The molecule has 0 aromatic carbocycles. The van der Waals surface area contributed by atoms with Gasteiger partial charge in [-0.3, -0.25) is 0 Å². The highest BCUT2D eigenvalue weighted by molar-refractivity contribution is 9.09. The Balaban J connectivity index is 3.23. The van der Waals surface area contributed by atoms with Crippen LogP contribution in [0.5, 0.6) is 0 Å². The van der Waals surface area contributed by atoms with Crippen LogP contribution in [0.1, 0.15) is 6.92 Å². The largest absolute Gasteiger partial charge is 0.382 e. The van der Waals surface area contributed by atoms with Crippen LogP contribution in [0.15, 0.2) is 0 Å². The Bertz CT molecular complexity index is 168. The number of halogens is 2. The zero-order chi connectivity index (χ0) is 13.0. The van der Waals surface area contributed by atoms with Crippen molar-refractivity contribution in [1.29, 1.82) is 0 Å². The molecule has 0 saturated carbocycles. The summed E-state index contributed by atoms with van der Waals surface area (Å²) in [7, 11) is 1.65. The van der Waals surface area contributed by atoms with E-state index in [0.717, 1.165) is 0 Å². The van der Waals surface area contributed by atoms with Gasteiger partial charge in [-0.15, -0.1) is 11.6 Å². The van der Waals surface area contributed by atoms with Gasteiger partial charge in [0, 0.05) is 12.4 Å². The monoisotopic (exact) mass is 332 g/mol. The van der Waals surface area contributed by atoms with Gasteiger partial charge in [0.2, 0.25) is 0 Å². The molecule has 1 unspecified atom stereocenters. The number of alkyl halides is 2. The molecule has 104 valence electrons. The first-order chi connectivity index (χ1) is 8.18. The molecule has 1 atom stereocenters. The average molecular weight is 334 g/mol. The second kappa shape index (κ2) is 11.7. The summed E-state index contributed by atoms with van der Waals surface area (Å²) in [5.74, 6) is 0.457. The predicted octanol–water partition coefficient (Wildman–Crippen LogP) is 2.07. The zero-order valence-corrected chi connectivity index (χ0v) is 12.9. The number of rotatable bonds is 12. The molecule has 0 aromatic rings. The lowest BCUT2D eigenvalue weighted by atomic mass is 10.2. The van der Waals surface area contributed by atoms with Gasteiger partial charge in [-0.1, -0.05) is 15.9 Å². The standard InChI is InChI=1S/C11H22BrClO4/c1-11(9-12,10-13)17-8-7-16-6-5-15-4-3-14-2/h3-10H2,1-2H3. The summed E-state index contributed by atoms with van der Waals surface area (Å²) < 4.78 is 21.0. The van der Waals surface area contributed by atoms with Gasteiger partial charge in [0.1, 0.15) is 0 Å². The summed E-state index contributed by atoms with van der Waals surface area (Å²) in [5.41, 5.74) is -0.320. The molecule has 0 radical (unpaired) electrons. The smallest absolute Gasteiger partial charge is 0.0886 e.